The molecule has 0 radical (unpaired) electrons. The molecule has 0 amide bonds. The fraction of sp³-hybridized carbons (Fsp3) is 0.111. The number of aromatic nitrogens is 5. The SMILES string of the molecule is O=c1[nH]c(Cc2ccccc2OC(F)(F)F)nc2c1cnn2-c1ccc(F)nc1. The number of nitrogens with zero attached hydrogens (tertiary/aromatic N) is 4. The van der Waals surface area contributed by atoms with Gasteiger partial charge in [-0.3, -0.25) is 4.79 Å². The van der Waals surface area contributed by atoms with Gasteiger partial charge in [-0.15, -0.1) is 13.2 Å². The zero-order valence-electron chi connectivity index (χ0n) is 14.4. The number of para-hydroxylation sites is 1. The van der Waals surface area contributed by atoms with Crippen LogP contribution in [0.3, 0.4) is 0 Å². The second-order valence-electron chi connectivity index (χ2n) is 5.98. The Bertz CT molecular complexity index is 1230. The average molecular weight is 405 g/mol. The highest BCUT2D eigenvalue weighted by Crippen LogP contribution is 2.27. The Morgan fingerprint density at radius 3 is 2.62 bits per heavy atom. The lowest BCUT2D eigenvalue weighted by Crippen LogP contribution is -2.18. The lowest BCUT2D eigenvalue weighted by molar-refractivity contribution is -0.274. The van der Waals surface area contributed by atoms with E-state index in [1.165, 1.54) is 41.3 Å². The van der Waals surface area contributed by atoms with Gasteiger partial charge in [-0.2, -0.15) is 9.49 Å². The summed E-state index contributed by atoms with van der Waals surface area (Å²) in [6.07, 6.45) is -2.47. The molecule has 148 valence electrons. The van der Waals surface area contributed by atoms with Crippen LogP contribution in [0, 0.1) is 5.95 Å². The normalized spacial score (nSPS) is 11.7. The van der Waals surface area contributed by atoms with Crippen LogP contribution >= 0.6 is 0 Å². The van der Waals surface area contributed by atoms with E-state index < -0.39 is 17.9 Å². The molecule has 1 N–H and O–H groups in total. The number of hydrogen-bond acceptors (Lipinski definition) is 5. The van der Waals surface area contributed by atoms with Crippen LogP contribution in [-0.2, 0) is 6.42 Å². The summed E-state index contributed by atoms with van der Waals surface area (Å²) in [5.74, 6) is -0.963. The number of hydrogen-bond donors (Lipinski definition) is 1. The number of ether oxygens (including phenoxy) is 1. The predicted molar refractivity (Wildman–Crippen MR) is 93.2 cm³/mol. The first-order chi connectivity index (χ1) is 13.8. The molecular formula is C18H11F4N5O2. The van der Waals surface area contributed by atoms with Gasteiger partial charge in [0.25, 0.3) is 5.56 Å². The van der Waals surface area contributed by atoms with Gasteiger partial charge in [-0.1, -0.05) is 18.2 Å². The maximum absolute atomic E-state index is 13.1. The van der Waals surface area contributed by atoms with Crippen molar-refractivity contribution in [3.8, 4) is 11.4 Å². The molecule has 0 spiro atoms. The van der Waals surface area contributed by atoms with Gasteiger partial charge in [-0.05, 0) is 18.2 Å². The van der Waals surface area contributed by atoms with Crippen molar-refractivity contribution in [1.82, 2.24) is 24.7 Å². The van der Waals surface area contributed by atoms with Gasteiger partial charge in [0.2, 0.25) is 5.95 Å². The molecule has 29 heavy (non-hydrogen) atoms. The third kappa shape index (κ3) is 3.93. The Morgan fingerprint density at radius 2 is 1.90 bits per heavy atom. The first kappa shape index (κ1) is 18.6. The fourth-order valence-corrected chi connectivity index (χ4v) is 2.78. The van der Waals surface area contributed by atoms with Gasteiger partial charge in [0.05, 0.1) is 18.1 Å². The fourth-order valence-electron chi connectivity index (χ4n) is 2.78. The standard InChI is InChI=1S/C18H11F4N5O2/c19-14-6-5-11(8-23-14)27-16-12(9-24-27)17(28)26-15(25-16)7-10-3-1-2-4-13(10)29-18(20,21)22/h1-6,8-9H,7H2,(H,25,26,28). The Kier molecular flexibility index (Phi) is 4.49. The van der Waals surface area contributed by atoms with Crippen LogP contribution in [0.15, 0.2) is 53.6 Å². The van der Waals surface area contributed by atoms with Crippen molar-refractivity contribution in [1.29, 1.82) is 0 Å². The summed E-state index contributed by atoms with van der Waals surface area (Å²) >= 11 is 0. The molecule has 0 aliphatic heterocycles. The predicted octanol–water partition coefficient (Wildman–Crippen LogP) is 3.13. The van der Waals surface area contributed by atoms with Crippen molar-refractivity contribution < 1.29 is 22.3 Å². The topological polar surface area (TPSA) is 85.7 Å². The molecule has 0 aliphatic carbocycles. The number of benzene rings is 1. The minimum absolute atomic E-state index is 0.109. The van der Waals surface area contributed by atoms with E-state index in [0.29, 0.717) is 5.69 Å². The monoisotopic (exact) mass is 405 g/mol. The van der Waals surface area contributed by atoms with Crippen molar-refractivity contribution in [3.63, 3.8) is 0 Å². The van der Waals surface area contributed by atoms with E-state index in [4.69, 9.17) is 0 Å². The first-order valence-electron chi connectivity index (χ1n) is 8.23. The average Bonchev–Trinajstić information content (AvgIpc) is 3.07. The van der Waals surface area contributed by atoms with E-state index >= 15 is 0 Å². The number of aromatic amines is 1. The highest BCUT2D eigenvalue weighted by atomic mass is 19.4. The molecule has 11 heteroatoms. The largest absolute Gasteiger partial charge is 0.573 e. The van der Waals surface area contributed by atoms with Crippen LogP contribution < -0.4 is 10.3 Å². The van der Waals surface area contributed by atoms with Crippen LogP contribution in [0.5, 0.6) is 5.75 Å². The third-order valence-electron chi connectivity index (χ3n) is 4.00. The van der Waals surface area contributed by atoms with Crippen LogP contribution in [0.4, 0.5) is 17.6 Å². The highest BCUT2D eigenvalue weighted by Gasteiger charge is 2.32. The highest BCUT2D eigenvalue weighted by molar-refractivity contribution is 5.75. The lowest BCUT2D eigenvalue weighted by atomic mass is 10.1. The maximum atomic E-state index is 13.1. The Morgan fingerprint density at radius 1 is 1.10 bits per heavy atom. The van der Waals surface area contributed by atoms with Gasteiger partial charge in [0.1, 0.15) is 17.0 Å². The van der Waals surface area contributed by atoms with E-state index in [1.54, 1.807) is 6.07 Å². The summed E-state index contributed by atoms with van der Waals surface area (Å²) in [7, 11) is 0. The zero-order valence-corrected chi connectivity index (χ0v) is 14.4. The Labute approximate surface area is 159 Å². The minimum atomic E-state index is -4.85. The van der Waals surface area contributed by atoms with Crippen molar-refractivity contribution >= 4 is 11.0 Å². The number of alkyl halides is 3. The first-order valence-corrected chi connectivity index (χ1v) is 8.23. The zero-order chi connectivity index (χ0) is 20.6. The van der Waals surface area contributed by atoms with Crippen molar-refractivity contribution in [3.05, 3.63) is 76.5 Å². The van der Waals surface area contributed by atoms with Crippen LogP contribution in [0.25, 0.3) is 16.7 Å². The third-order valence-corrected chi connectivity index (χ3v) is 4.00. The number of H-pyrrole nitrogens is 1. The van der Waals surface area contributed by atoms with Gasteiger partial charge in [-0.25, -0.2) is 14.6 Å². The summed E-state index contributed by atoms with van der Waals surface area (Å²) in [4.78, 5) is 22.7. The van der Waals surface area contributed by atoms with Crippen molar-refractivity contribution in [2.75, 3.05) is 0 Å². The second-order valence-corrected chi connectivity index (χ2v) is 5.98. The van der Waals surface area contributed by atoms with E-state index in [9.17, 15) is 22.4 Å². The molecule has 0 saturated carbocycles. The summed E-state index contributed by atoms with van der Waals surface area (Å²) in [5.41, 5.74) is 0.194. The molecule has 0 unspecified atom stereocenters. The second kappa shape index (κ2) is 7.00. The van der Waals surface area contributed by atoms with Gasteiger partial charge in [0, 0.05) is 12.0 Å². The Hall–Kier alpha value is -3.76. The van der Waals surface area contributed by atoms with Crippen LogP contribution in [0.2, 0.25) is 0 Å². The van der Waals surface area contributed by atoms with Gasteiger partial charge < -0.3 is 9.72 Å². The summed E-state index contributed by atoms with van der Waals surface area (Å²) in [6.45, 7) is 0. The number of rotatable bonds is 4. The molecule has 0 atom stereocenters. The van der Waals surface area contributed by atoms with Gasteiger partial charge in [0.15, 0.2) is 5.65 Å². The number of halogens is 4. The smallest absolute Gasteiger partial charge is 0.405 e. The molecule has 0 fully saturated rings. The Balaban J connectivity index is 1.76. The summed E-state index contributed by atoms with van der Waals surface area (Å²) in [5, 5.41) is 4.23. The molecule has 3 aromatic heterocycles. The molecule has 4 aromatic rings. The van der Waals surface area contributed by atoms with E-state index in [1.807, 2.05) is 0 Å². The molecule has 4 rings (SSSR count). The molecule has 7 nitrogen and oxygen atoms in total. The maximum Gasteiger partial charge on any atom is 0.573 e. The molecule has 0 bridgehead atoms. The number of nitrogens with one attached hydrogen (secondary N) is 1. The molecule has 0 saturated heterocycles. The van der Waals surface area contributed by atoms with E-state index in [0.717, 1.165) is 6.07 Å². The molecule has 0 aliphatic rings. The lowest BCUT2D eigenvalue weighted by Gasteiger charge is -2.13. The molecule has 1 aromatic carbocycles. The summed E-state index contributed by atoms with van der Waals surface area (Å²) in [6, 6.07) is 8.09. The quantitative estimate of drug-likeness (QED) is 0.417. The molecular weight excluding hydrogens is 394 g/mol. The number of fused-ring (bicyclic) bond motifs is 1. The van der Waals surface area contributed by atoms with E-state index in [-0.39, 0.29) is 34.6 Å². The van der Waals surface area contributed by atoms with E-state index in [2.05, 4.69) is 24.8 Å². The number of pyridine rings is 1. The van der Waals surface area contributed by atoms with Crippen molar-refractivity contribution in [2.24, 2.45) is 0 Å². The summed E-state index contributed by atoms with van der Waals surface area (Å²) < 4.78 is 56.2. The van der Waals surface area contributed by atoms with Crippen molar-refractivity contribution in [2.45, 2.75) is 12.8 Å². The van der Waals surface area contributed by atoms with Gasteiger partial charge >= 0.3 is 6.36 Å². The van der Waals surface area contributed by atoms with Crippen LogP contribution in [0.1, 0.15) is 11.4 Å². The minimum Gasteiger partial charge on any atom is -0.405 e. The molecule has 3 heterocycles. The van der Waals surface area contributed by atoms with Crippen LogP contribution in [-0.4, -0.2) is 31.1 Å².